The molecule has 106 valence electrons. The maximum atomic E-state index is 6.83. The summed E-state index contributed by atoms with van der Waals surface area (Å²) < 4.78 is 6.83. The lowest BCUT2D eigenvalue weighted by Gasteiger charge is -2.49. The summed E-state index contributed by atoms with van der Waals surface area (Å²) in [7, 11) is -1.68. The molecule has 0 N–H and O–H groups in total. The number of hydrogen-bond donors (Lipinski definition) is 0. The number of hydrogen-bond acceptors (Lipinski definition) is 1. The van der Waals surface area contributed by atoms with Crippen LogP contribution in [0.4, 0.5) is 0 Å². The summed E-state index contributed by atoms with van der Waals surface area (Å²) in [6.07, 6.45) is 5.89. The fourth-order valence-electron chi connectivity index (χ4n) is 2.36. The lowest BCUT2D eigenvalue weighted by Crippen LogP contribution is -2.52. The van der Waals surface area contributed by atoms with Gasteiger partial charge in [-0.05, 0) is 50.2 Å². The molecule has 0 bridgehead atoms. The first-order chi connectivity index (χ1) is 8.00. The van der Waals surface area contributed by atoms with E-state index in [9.17, 15) is 0 Å². The van der Waals surface area contributed by atoms with Gasteiger partial charge in [0.15, 0.2) is 8.32 Å². The maximum Gasteiger partial charge on any atom is 0.192 e. The Hall–Kier alpha value is -0.0831. The smallest absolute Gasteiger partial charge is 0.192 e. The fourth-order valence-corrected chi connectivity index (χ4v) is 4.10. The van der Waals surface area contributed by atoms with Crippen LogP contribution in [0, 0.1) is 5.92 Å². The third-order valence-corrected chi connectivity index (χ3v) is 9.58. The second-order valence-corrected chi connectivity index (χ2v) is 12.6. The van der Waals surface area contributed by atoms with Gasteiger partial charge in [-0.15, -0.1) is 0 Å². The monoisotopic (exact) mass is 268 g/mol. The molecule has 1 aliphatic carbocycles. The fraction of sp³-hybridized carbons (Fsp3) is 0.875. The minimum atomic E-state index is -1.68. The normalized spacial score (nSPS) is 26.4. The van der Waals surface area contributed by atoms with Crippen LogP contribution >= 0.6 is 0 Å². The Bertz CT molecular complexity index is 322. The Labute approximate surface area is 115 Å². The zero-order valence-electron chi connectivity index (χ0n) is 13.7. The zero-order chi connectivity index (χ0) is 14.2. The van der Waals surface area contributed by atoms with E-state index in [0.717, 1.165) is 6.42 Å². The second-order valence-electron chi connectivity index (χ2n) is 7.84. The van der Waals surface area contributed by atoms with Gasteiger partial charge in [0.05, 0.1) is 5.60 Å². The van der Waals surface area contributed by atoms with Crippen molar-refractivity contribution in [3.8, 4) is 0 Å². The predicted molar refractivity (Wildman–Crippen MR) is 83.5 cm³/mol. The van der Waals surface area contributed by atoms with E-state index in [0.29, 0.717) is 11.0 Å². The highest BCUT2D eigenvalue weighted by molar-refractivity contribution is 6.74. The third-order valence-electron chi connectivity index (χ3n) is 5.06. The van der Waals surface area contributed by atoms with Crippen LogP contribution in [-0.4, -0.2) is 13.9 Å². The van der Waals surface area contributed by atoms with Crippen LogP contribution in [0.15, 0.2) is 11.6 Å². The molecule has 0 spiro atoms. The minimum absolute atomic E-state index is 0.0858. The van der Waals surface area contributed by atoms with Crippen LogP contribution in [0.25, 0.3) is 0 Å². The Morgan fingerprint density at radius 2 is 1.83 bits per heavy atom. The number of rotatable bonds is 3. The van der Waals surface area contributed by atoms with Gasteiger partial charge in [0, 0.05) is 0 Å². The van der Waals surface area contributed by atoms with Crippen LogP contribution in [0.3, 0.4) is 0 Å². The summed E-state index contributed by atoms with van der Waals surface area (Å²) in [5.74, 6) is 0.593. The van der Waals surface area contributed by atoms with E-state index in [-0.39, 0.29) is 5.60 Å². The van der Waals surface area contributed by atoms with Crippen molar-refractivity contribution in [2.45, 2.75) is 84.5 Å². The van der Waals surface area contributed by atoms with E-state index in [1.807, 2.05) is 0 Å². The van der Waals surface area contributed by atoms with Gasteiger partial charge >= 0.3 is 0 Å². The second kappa shape index (κ2) is 5.13. The Morgan fingerprint density at radius 1 is 1.28 bits per heavy atom. The van der Waals surface area contributed by atoms with E-state index in [1.54, 1.807) is 0 Å². The SMILES string of the molecule is CC1=CCC(O[Si](C)(C)C(C)(C)C)(C(C)C)CC1. The molecule has 0 aromatic rings. The molecular weight excluding hydrogens is 236 g/mol. The Kier molecular flexibility index (Phi) is 4.55. The minimum Gasteiger partial charge on any atom is -0.411 e. The van der Waals surface area contributed by atoms with Crippen molar-refractivity contribution in [3.05, 3.63) is 11.6 Å². The third kappa shape index (κ3) is 3.27. The molecular formula is C16H32OSi. The molecule has 0 aromatic carbocycles. The quantitative estimate of drug-likeness (QED) is 0.483. The lowest BCUT2D eigenvalue weighted by molar-refractivity contribution is -0.00125. The van der Waals surface area contributed by atoms with Gasteiger partial charge in [-0.3, -0.25) is 0 Å². The molecule has 0 saturated carbocycles. The molecule has 2 heteroatoms. The van der Waals surface area contributed by atoms with Crippen molar-refractivity contribution < 1.29 is 4.43 Å². The highest BCUT2D eigenvalue weighted by Gasteiger charge is 2.46. The van der Waals surface area contributed by atoms with Crippen molar-refractivity contribution in [2.24, 2.45) is 5.92 Å². The van der Waals surface area contributed by atoms with E-state index in [1.165, 1.54) is 18.4 Å². The van der Waals surface area contributed by atoms with Gasteiger partial charge in [0.1, 0.15) is 0 Å². The maximum absolute atomic E-state index is 6.83. The molecule has 0 radical (unpaired) electrons. The van der Waals surface area contributed by atoms with Gasteiger partial charge < -0.3 is 4.43 Å². The summed E-state index contributed by atoms with van der Waals surface area (Å²) in [6.45, 7) is 18.6. The van der Waals surface area contributed by atoms with Gasteiger partial charge in [-0.25, -0.2) is 0 Å². The van der Waals surface area contributed by atoms with Gasteiger partial charge in [0.2, 0.25) is 0 Å². The Morgan fingerprint density at radius 3 is 2.17 bits per heavy atom. The van der Waals surface area contributed by atoms with E-state index in [4.69, 9.17) is 4.43 Å². The Balaban J connectivity index is 2.96. The average molecular weight is 269 g/mol. The molecule has 1 rings (SSSR count). The van der Waals surface area contributed by atoms with Crippen LogP contribution in [0.2, 0.25) is 18.1 Å². The molecule has 1 nitrogen and oxygen atoms in total. The van der Waals surface area contributed by atoms with Crippen molar-refractivity contribution in [2.75, 3.05) is 0 Å². The molecule has 1 atom stereocenters. The molecule has 18 heavy (non-hydrogen) atoms. The molecule has 0 saturated heterocycles. The van der Waals surface area contributed by atoms with E-state index >= 15 is 0 Å². The highest BCUT2D eigenvalue weighted by Crippen LogP contribution is 2.45. The molecule has 0 amide bonds. The van der Waals surface area contributed by atoms with Gasteiger partial charge in [0.25, 0.3) is 0 Å². The molecule has 1 unspecified atom stereocenters. The summed E-state index contributed by atoms with van der Waals surface area (Å²) in [5, 5.41) is 0.297. The zero-order valence-corrected chi connectivity index (χ0v) is 14.7. The molecule has 0 heterocycles. The van der Waals surface area contributed by atoms with Crippen LogP contribution in [0.5, 0.6) is 0 Å². The van der Waals surface area contributed by atoms with Crippen molar-refractivity contribution in [3.63, 3.8) is 0 Å². The summed E-state index contributed by atoms with van der Waals surface area (Å²) in [6, 6.07) is 0. The first kappa shape index (κ1) is 16.0. The molecule has 1 aliphatic rings. The average Bonchev–Trinajstić information content (AvgIpc) is 2.19. The van der Waals surface area contributed by atoms with Gasteiger partial charge in [-0.1, -0.05) is 46.3 Å². The largest absolute Gasteiger partial charge is 0.411 e. The highest BCUT2D eigenvalue weighted by atomic mass is 28.4. The van der Waals surface area contributed by atoms with Crippen molar-refractivity contribution >= 4 is 8.32 Å². The van der Waals surface area contributed by atoms with Crippen molar-refractivity contribution in [1.29, 1.82) is 0 Å². The topological polar surface area (TPSA) is 9.23 Å². The molecule has 0 aromatic heterocycles. The molecule has 0 aliphatic heterocycles. The van der Waals surface area contributed by atoms with E-state index in [2.05, 4.69) is 60.7 Å². The predicted octanol–water partition coefficient (Wildman–Crippen LogP) is 5.53. The molecule has 0 fully saturated rings. The summed E-state index contributed by atoms with van der Waals surface area (Å²) in [5.41, 5.74) is 1.62. The van der Waals surface area contributed by atoms with Crippen LogP contribution < -0.4 is 0 Å². The van der Waals surface area contributed by atoms with E-state index < -0.39 is 8.32 Å². The van der Waals surface area contributed by atoms with Gasteiger partial charge in [-0.2, -0.15) is 0 Å². The van der Waals surface area contributed by atoms with Crippen LogP contribution in [0.1, 0.15) is 60.8 Å². The first-order valence-electron chi connectivity index (χ1n) is 7.36. The lowest BCUT2D eigenvalue weighted by atomic mass is 9.78. The standard InChI is InChI=1S/C16H32OSi/c1-13(2)16(11-9-14(3)10-12-16)17-18(7,8)15(4,5)6/h9,13H,10-12H2,1-8H3. The summed E-state index contributed by atoms with van der Waals surface area (Å²) in [4.78, 5) is 0. The number of allylic oxidation sites excluding steroid dienone is 1. The van der Waals surface area contributed by atoms with Crippen LogP contribution in [-0.2, 0) is 4.43 Å². The summed E-state index contributed by atoms with van der Waals surface area (Å²) >= 11 is 0. The first-order valence-corrected chi connectivity index (χ1v) is 10.3. The van der Waals surface area contributed by atoms with Crippen molar-refractivity contribution in [1.82, 2.24) is 0 Å².